The summed E-state index contributed by atoms with van der Waals surface area (Å²) >= 11 is 1.50. The van der Waals surface area contributed by atoms with Crippen molar-refractivity contribution >= 4 is 39.1 Å². The van der Waals surface area contributed by atoms with Crippen LogP contribution >= 0.6 is 11.3 Å². The van der Waals surface area contributed by atoms with Gasteiger partial charge in [0.25, 0.3) is 5.91 Å². The van der Waals surface area contributed by atoms with Crippen molar-refractivity contribution in [2.75, 3.05) is 11.9 Å². The molecule has 0 bridgehead atoms. The number of nitrogens with one attached hydrogen (secondary N) is 1. The minimum absolute atomic E-state index is 0.266. The SMILES string of the molecule is CCOC(=O)c1c(NC(=O)c2cc(-c3ccc(C)c(C)c3)nc3ccccc23)sc2c1CCC(c1ccccc1)C2. The number of pyridine rings is 1. The zero-order chi connectivity index (χ0) is 28.5. The number of nitrogens with zero attached hydrogens (tertiary/aromatic N) is 1. The van der Waals surface area contributed by atoms with Crippen molar-refractivity contribution in [2.45, 2.75) is 46.0 Å². The Balaban J connectivity index is 1.39. The number of aryl methyl sites for hydroxylation is 2. The minimum Gasteiger partial charge on any atom is -0.462 e. The van der Waals surface area contributed by atoms with E-state index in [1.807, 2.05) is 42.5 Å². The molecule has 2 aromatic heterocycles. The number of thiophene rings is 1. The first-order chi connectivity index (χ1) is 19.9. The molecule has 1 aliphatic rings. The molecule has 41 heavy (non-hydrogen) atoms. The van der Waals surface area contributed by atoms with Gasteiger partial charge in [-0.25, -0.2) is 9.78 Å². The first-order valence-corrected chi connectivity index (χ1v) is 14.9. The summed E-state index contributed by atoms with van der Waals surface area (Å²) < 4.78 is 5.47. The van der Waals surface area contributed by atoms with Gasteiger partial charge in [-0.05, 0) is 86.4 Å². The lowest BCUT2D eigenvalue weighted by molar-refractivity contribution is 0.0526. The number of aromatic nitrogens is 1. The van der Waals surface area contributed by atoms with Crippen LogP contribution < -0.4 is 5.32 Å². The fourth-order valence-corrected chi connectivity index (χ4v) is 7.00. The Bertz CT molecular complexity index is 1770. The second-order valence-corrected chi connectivity index (χ2v) is 11.7. The fraction of sp³-hybridized carbons (Fsp3) is 0.229. The van der Waals surface area contributed by atoms with E-state index in [0.717, 1.165) is 51.9 Å². The van der Waals surface area contributed by atoms with Gasteiger partial charge in [0.2, 0.25) is 0 Å². The van der Waals surface area contributed by atoms with Crippen LogP contribution in [0.5, 0.6) is 0 Å². The standard InChI is InChI=1S/C35H32N2O3S/c1-4-40-35(39)32-27-17-16-24(23-10-6-5-7-11-23)19-31(27)41-34(32)37-33(38)28-20-30(25-15-14-21(2)22(3)18-25)36-29-13-9-8-12-26(28)29/h5-15,18,20,24H,4,16-17,19H2,1-3H3,(H,37,38). The van der Waals surface area contributed by atoms with E-state index in [9.17, 15) is 9.59 Å². The monoisotopic (exact) mass is 560 g/mol. The van der Waals surface area contributed by atoms with Crippen LogP contribution in [0.2, 0.25) is 0 Å². The summed E-state index contributed by atoms with van der Waals surface area (Å²) in [6.45, 7) is 6.23. The Labute approximate surface area is 244 Å². The maximum atomic E-state index is 14.0. The smallest absolute Gasteiger partial charge is 0.341 e. The number of hydrogen-bond donors (Lipinski definition) is 1. The molecule has 0 spiro atoms. The molecule has 1 amide bonds. The predicted molar refractivity (Wildman–Crippen MR) is 166 cm³/mol. The quantitative estimate of drug-likeness (QED) is 0.212. The zero-order valence-electron chi connectivity index (χ0n) is 23.5. The molecule has 1 unspecified atom stereocenters. The number of amides is 1. The number of benzene rings is 3. The molecule has 5 nitrogen and oxygen atoms in total. The lowest BCUT2D eigenvalue weighted by Gasteiger charge is -2.23. The number of esters is 1. The van der Waals surface area contributed by atoms with Crippen LogP contribution in [-0.4, -0.2) is 23.5 Å². The summed E-state index contributed by atoms with van der Waals surface area (Å²) in [5.74, 6) is -0.267. The van der Waals surface area contributed by atoms with Crippen molar-refractivity contribution in [2.24, 2.45) is 0 Å². The number of carbonyl (C=O) groups excluding carboxylic acids is 2. The number of carbonyl (C=O) groups is 2. The normalized spacial score (nSPS) is 14.5. The van der Waals surface area contributed by atoms with Crippen LogP contribution in [0.3, 0.4) is 0 Å². The van der Waals surface area contributed by atoms with E-state index in [1.54, 1.807) is 6.92 Å². The van der Waals surface area contributed by atoms with Gasteiger partial charge in [-0.3, -0.25) is 4.79 Å². The number of ether oxygens (including phenoxy) is 1. The van der Waals surface area contributed by atoms with Crippen molar-refractivity contribution in [1.82, 2.24) is 4.98 Å². The Morgan fingerprint density at radius 1 is 0.976 bits per heavy atom. The number of para-hydroxylation sites is 1. The van der Waals surface area contributed by atoms with Crippen LogP contribution in [0.1, 0.15) is 67.1 Å². The molecule has 0 saturated heterocycles. The lowest BCUT2D eigenvalue weighted by atomic mass is 9.83. The van der Waals surface area contributed by atoms with E-state index in [2.05, 4.69) is 55.6 Å². The van der Waals surface area contributed by atoms with E-state index in [1.165, 1.54) is 28.0 Å². The maximum Gasteiger partial charge on any atom is 0.341 e. The number of fused-ring (bicyclic) bond motifs is 2. The van der Waals surface area contributed by atoms with E-state index in [0.29, 0.717) is 22.0 Å². The molecular formula is C35H32N2O3S. The van der Waals surface area contributed by atoms with Gasteiger partial charge in [-0.2, -0.15) is 0 Å². The number of rotatable bonds is 6. The highest BCUT2D eigenvalue weighted by Gasteiger charge is 2.31. The molecule has 1 aliphatic carbocycles. The van der Waals surface area contributed by atoms with Gasteiger partial charge in [-0.1, -0.05) is 60.7 Å². The molecule has 1 atom stereocenters. The fourth-order valence-electron chi connectivity index (χ4n) is 5.69. The van der Waals surface area contributed by atoms with E-state index < -0.39 is 0 Å². The Hall–Kier alpha value is -4.29. The number of hydrogen-bond acceptors (Lipinski definition) is 5. The van der Waals surface area contributed by atoms with Crippen molar-refractivity contribution in [3.05, 3.63) is 117 Å². The molecule has 3 aromatic carbocycles. The van der Waals surface area contributed by atoms with E-state index in [-0.39, 0.29) is 18.5 Å². The molecular weight excluding hydrogens is 528 g/mol. The molecule has 0 saturated carbocycles. The summed E-state index contributed by atoms with van der Waals surface area (Å²) in [5, 5.41) is 4.44. The Morgan fingerprint density at radius 2 is 1.76 bits per heavy atom. The molecule has 2 heterocycles. The summed E-state index contributed by atoms with van der Waals surface area (Å²) in [5.41, 5.74) is 8.14. The topological polar surface area (TPSA) is 68.3 Å². The van der Waals surface area contributed by atoms with Crippen LogP contribution in [0.4, 0.5) is 5.00 Å². The molecule has 0 fully saturated rings. The van der Waals surface area contributed by atoms with Crippen LogP contribution in [-0.2, 0) is 17.6 Å². The van der Waals surface area contributed by atoms with Gasteiger partial charge >= 0.3 is 5.97 Å². The van der Waals surface area contributed by atoms with Crippen molar-refractivity contribution in [3.63, 3.8) is 0 Å². The third-order valence-electron chi connectivity index (χ3n) is 8.01. The Morgan fingerprint density at radius 3 is 2.54 bits per heavy atom. The molecule has 0 radical (unpaired) electrons. The van der Waals surface area contributed by atoms with Gasteiger partial charge in [0, 0.05) is 15.8 Å². The summed E-state index contributed by atoms with van der Waals surface area (Å²) in [6, 6.07) is 26.2. The largest absolute Gasteiger partial charge is 0.462 e. The summed E-state index contributed by atoms with van der Waals surface area (Å²) in [7, 11) is 0. The van der Waals surface area contributed by atoms with E-state index in [4.69, 9.17) is 9.72 Å². The zero-order valence-corrected chi connectivity index (χ0v) is 24.3. The van der Waals surface area contributed by atoms with Crippen LogP contribution in [0, 0.1) is 13.8 Å². The third-order valence-corrected chi connectivity index (χ3v) is 9.18. The molecule has 1 N–H and O–H groups in total. The second kappa shape index (κ2) is 11.3. The summed E-state index contributed by atoms with van der Waals surface area (Å²) in [6.07, 6.45) is 2.55. The van der Waals surface area contributed by atoms with Gasteiger partial charge < -0.3 is 10.1 Å². The highest BCUT2D eigenvalue weighted by Crippen LogP contribution is 2.43. The average Bonchev–Trinajstić information content (AvgIpc) is 3.35. The maximum absolute atomic E-state index is 14.0. The van der Waals surface area contributed by atoms with Gasteiger partial charge in [-0.15, -0.1) is 11.3 Å². The highest BCUT2D eigenvalue weighted by atomic mass is 32.1. The van der Waals surface area contributed by atoms with Gasteiger partial charge in [0.05, 0.1) is 28.9 Å². The minimum atomic E-state index is -0.381. The predicted octanol–water partition coefficient (Wildman–Crippen LogP) is 8.28. The average molecular weight is 561 g/mol. The van der Waals surface area contributed by atoms with Crippen molar-refractivity contribution in [3.8, 4) is 11.3 Å². The van der Waals surface area contributed by atoms with Crippen LogP contribution in [0.25, 0.3) is 22.2 Å². The molecule has 0 aliphatic heterocycles. The summed E-state index contributed by atoms with van der Waals surface area (Å²) in [4.78, 5) is 33.2. The molecule has 206 valence electrons. The second-order valence-electron chi connectivity index (χ2n) is 10.6. The first-order valence-electron chi connectivity index (χ1n) is 14.1. The number of anilines is 1. The van der Waals surface area contributed by atoms with Crippen molar-refractivity contribution < 1.29 is 14.3 Å². The molecule has 6 rings (SSSR count). The molecule has 6 heteroatoms. The van der Waals surface area contributed by atoms with Crippen molar-refractivity contribution in [1.29, 1.82) is 0 Å². The highest BCUT2D eigenvalue weighted by molar-refractivity contribution is 7.17. The molecule has 5 aromatic rings. The van der Waals surface area contributed by atoms with Gasteiger partial charge in [0.15, 0.2) is 0 Å². The lowest BCUT2D eigenvalue weighted by Crippen LogP contribution is -2.17. The van der Waals surface area contributed by atoms with Gasteiger partial charge in [0.1, 0.15) is 5.00 Å². The Kier molecular flexibility index (Phi) is 7.41. The first kappa shape index (κ1) is 26.9. The third kappa shape index (κ3) is 5.27. The van der Waals surface area contributed by atoms with E-state index >= 15 is 0 Å². The van der Waals surface area contributed by atoms with Crippen LogP contribution in [0.15, 0.2) is 78.9 Å².